The SMILES string of the molecule is CN=C(NC1CCC1)N(C)Cc1cnn(-c2ccccc2)c1. The molecule has 0 radical (unpaired) electrons. The first kappa shape index (κ1) is 14.6. The number of para-hydroxylation sites is 1. The molecule has 1 fully saturated rings. The molecule has 116 valence electrons. The van der Waals surface area contributed by atoms with Gasteiger partial charge in [0.1, 0.15) is 0 Å². The fourth-order valence-electron chi connectivity index (χ4n) is 2.59. The highest BCUT2D eigenvalue weighted by Crippen LogP contribution is 2.18. The van der Waals surface area contributed by atoms with E-state index in [2.05, 4.69) is 45.7 Å². The summed E-state index contributed by atoms with van der Waals surface area (Å²) >= 11 is 0. The summed E-state index contributed by atoms with van der Waals surface area (Å²) in [5.74, 6) is 0.956. The highest BCUT2D eigenvalue weighted by Gasteiger charge is 2.20. The quantitative estimate of drug-likeness (QED) is 0.696. The zero-order valence-electron chi connectivity index (χ0n) is 13.2. The van der Waals surface area contributed by atoms with Crippen LogP contribution in [0.15, 0.2) is 47.7 Å². The molecule has 1 heterocycles. The van der Waals surface area contributed by atoms with Crippen LogP contribution in [0.1, 0.15) is 24.8 Å². The summed E-state index contributed by atoms with van der Waals surface area (Å²) in [5, 5.41) is 7.95. The second kappa shape index (κ2) is 6.64. The van der Waals surface area contributed by atoms with E-state index in [4.69, 9.17) is 0 Å². The lowest BCUT2D eigenvalue weighted by Gasteiger charge is -2.31. The summed E-state index contributed by atoms with van der Waals surface area (Å²) in [6.45, 7) is 0.791. The Balaban J connectivity index is 1.63. The summed E-state index contributed by atoms with van der Waals surface area (Å²) in [6.07, 6.45) is 7.81. The van der Waals surface area contributed by atoms with Gasteiger partial charge in [-0.3, -0.25) is 4.99 Å². The summed E-state index contributed by atoms with van der Waals surface area (Å²) in [7, 11) is 3.90. The molecule has 0 bridgehead atoms. The highest BCUT2D eigenvalue weighted by atomic mass is 15.3. The lowest BCUT2D eigenvalue weighted by atomic mass is 9.93. The largest absolute Gasteiger partial charge is 0.354 e. The van der Waals surface area contributed by atoms with E-state index in [0.29, 0.717) is 6.04 Å². The molecule has 5 heteroatoms. The Labute approximate surface area is 131 Å². The van der Waals surface area contributed by atoms with Crippen LogP contribution in [-0.2, 0) is 6.54 Å². The van der Waals surface area contributed by atoms with Crippen molar-refractivity contribution >= 4 is 5.96 Å². The molecule has 1 aliphatic rings. The van der Waals surface area contributed by atoms with E-state index >= 15 is 0 Å². The Hall–Kier alpha value is -2.30. The molecule has 1 aromatic carbocycles. The fourth-order valence-corrected chi connectivity index (χ4v) is 2.59. The third-order valence-corrected chi connectivity index (χ3v) is 4.09. The Kier molecular flexibility index (Phi) is 4.42. The van der Waals surface area contributed by atoms with Gasteiger partial charge in [0.15, 0.2) is 5.96 Å². The third kappa shape index (κ3) is 3.30. The van der Waals surface area contributed by atoms with E-state index in [9.17, 15) is 0 Å². The monoisotopic (exact) mass is 297 g/mol. The van der Waals surface area contributed by atoms with Crippen LogP contribution in [0, 0.1) is 0 Å². The molecule has 3 rings (SSSR count). The van der Waals surface area contributed by atoms with Crippen molar-refractivity contribution in [3.8, 4) is 5.69 Å². The van der Waals surface area contributed by atoms with Crippen molar-refractivity contribution in [3.05, 3.63) is 48.3 Å². The van der Waals surface area contributed by atoms with Gasteiger partial charge in [-0.05, 0) is 31.4 Å². The number of nitrogens with zero attached hydrogens (tertiary/aromatic N) is 4. The molecule has 1 aromatic heterocycles. The number of hydrogen-bond acceptors (Lipinski definition) is 2. The maximum atomic E-state index is 4.44. The van der Waals surface area contributed by atoms with Crippen molar-refractivity contribution in [1.29, 1.82) is 0 Å². The number of aliphatic imine (C=N–C) groups is 1. The molecule has 0 spiro atoms. The first-order valence-corrected chi connectivity index (χ1v) is 7.79. The van der Waals surface area contributed by atoms with Crippen LogP contribution < -0.4 is 5.32 Å². The molecular weight excluding hydrogens is 274 g/mol. The minimum Gasteiger partial charge on any atom is -0.354 e. The maximum Gasteiger partial charge on any atom is 0.193 e. The minimum atomic E-state index is 0.591. The number of rotatable bonds is 4. The van der Waals surface area contributed by atoms with E-state index in [0.717, 1.165) is 18.2 Å². The molecule has 1 N–H and O–H groups in total. The van der Waals surface area contributed by atoms with Crippen molar-refractivity contribution in [2.75, 3.05) is 14.1 Å². The highest BCUT2D eigenvalue weighted by molar-refractivity contribution is 5.80. The van der Waals surface area contributed by atoms with Gasteiger partial charge in [0.25, 0.3) is 0 Å². The first-order valence-electron chi connectivity index (χ1n) is 7.79. The molecule has 0 aliphatic heterocycles. The average molecular weight is 297 g/mol. The number of benzene rings is 1. The molecule has 1 saturated carbocycles. The second-order valence-corrected chi connectivity index (χ2v) is 5.80. The summed E-state index contributed by atoms with van der Waals surface area (Å²) < 4.78 is 1.91. The van der Waals surface area contributed by atoms with E-state index < -0.39 is 0 Å². The number of nitrogens with one attached hydrogen (secondary N) is 1. The first-order chi connectivity index (χ1) is 10.8. The Morgan fingerprint density at radius 2 is 2.14 bits per heavy atom. The van der Waals surface area contributed by atoms with Crippen molar-refractivity contribution in [2.24, 2.45) is 4.99 Å². The molecule has 0 unspecified atom stereocenters. The molecule has 0 amide bonds. The molecule has 2 aromatic rings. The number of aromatic nitrogens is 2. The second-order valence-electron chi connectivity index (χ2n) is 5.80. The van der Waals surface area contributed by atoms with Gasteiger partial charge in [-0.2, -0.15) is 5.10 Å². The Morgan fingerprint density at radius 1 is 1.36 bits per heavy atom. The molecule has 0 saturated heterocycles. The van der Waals surface area contributed by atoms with Crippen LogP contribution in [-0.4, -0.2) is 40.8 Å². The molecular formula is C17H23N5. The van der Waals surface area contributed by atoms with Crippen LogP contribution in [0.3, 0.4) is 0 Å². The predicted molar refractivity (Wildman–Crippen MR) is 89.2 cm³/mol. The number of hydrogen-bond donors (Lipinski definition) is 1. The van der Waals surface area contributed by atoms with E-state index in [1.807, 2.05) is 36.1 Å². The molecule has 5 nitrogen and oxygen atoms in total. The number of guanidine groups is 1. The van der Waals surface area contributed by atoms with Gasteiger partial charge >= 0.3 is 0 Å². The van der Waals surface area contributed by atoms with Crippen molar-refractivity contribution in [2.45, 2.75) is 31.8 Å². The van der Waals surface area contributed by atoms with Gasteiger partial charge in [0.2, 0.25) is 0 Å². The van der Waals surface area contributed by atoms with E-state index in [1.54, 1.807) is 0 Å². The van der Waals surface area contributed by atoms with Crippen LogP contribution in [0.25, 0.3) is 5.69 Å². The van der Waals surface area contributed by atoms with Crippen LogP contribution in [0.5, 0.6) is 0 Å². The Bertz CT molecular complexity index is 628. The topological polar surface area (TPSA) is 45.5 Å². The smallest absolute Gasteiger partial charge is 0.193 e. The van der Waals surface area contributed by atoms with E-state index in [1.165, 1.54) is 24.8 Å². The molecule has 1 aliphatic carbocycles. The standard InChI is InChI=1S/C17H23N5/c1-18-17(20-15-7-6-8-15)21(2)12-14-11-19-22(13-14)16-9-4-3-5-10-16/h3-5,9-11,13,15H,6-8,12H2,1-2H3,(H,18,20). The average Bonchev–Trinajstić information content (AvgIpc) is 2.95. The molecule has 22 heavy (non-hydrogen) atoms. The van der Waals surface area contributed by atoms with Gasteiger partial charge in [-0.25, -0.2) is 4.68 Å². The van der Waals surface area contributed by atoms with Crippen molar-refractivity contribution in [3.63, 3.8) is 0 Å². The lowest BCUT2D eigenvalue weighted by molar-refractivity contribution is 0.359. The van der Waals surface area contributed by atoms with Gasteiger partial charge in [-0.1, -0.05) is 18.2 Å². The van der Waals surface area contributed by atoms with E-state index in [-0.39, 0.29) is 0 Å². The normalized spacial score (nSPS) is 15.5. The zero-order valence-corrected chi connectivity index (χ0v) is 13.2. The van der Waals surface area contributed by atoms with Gasteiger partial charge < -0.3 is 10.2 Å². The third-order valence-electron chi connectivity index (χ3n) is 4.09. The van der Waals surface area contributed by atoms with Crippen LogP contribution in [0.2, 0.25) is 0 Å². The van der Waals surface area contributed by atoms with Crippen molar-refractivity contribution < 1.29 is 0 Å². The van der Waals surface area contributed by atoms with Crippen molar-refractivity contribution in [1.82, 2.24) is 20.0 Å². The summed E-state index contributed by atoms with van der Waals surface area (Å²) in [5.41, 5.74) is 2.25. The maximum absolute atomic E-state index is 4.44. The Morgan fingerprint density at radius 3 is 2.77 bits per heavy atom. The zero-order chi connectivity index (χ0) is 15.4. The fraction of sp³-hybridized carbons (Fsp3) is 0.412. The summed E-state index contributed by atoms with van der Waals surface area (Å²) in [4.78, 5) is 6.52. The van der Waals surface area contributed by atoms with Gasteiger partial charge in [-0.15, -0.1) is 0 Å². The van der Waals surface area contributed by atoms with Crippen LogP contribution >= 0.6 is 0 Å². The minimum absolute atomic E-state index is 0.591. The van der Waals surface area contributed by atoms with Gasteiger partial charge in [0, 0.05) is 38.4 Å². The lowest BCUT2D eigenvalue weighted by Crippen LogP contribution is -2.46. The predicted octanol–water partition coefficient (Wildman–Crippen LogP) is 2.43. The molecule has 0 atom stereocenters. The van der Waals surface area contributed by atoms with Crippen LogP contribution in [0.4, 0.5) is 0 Å². The van der Waals surface area contributed by atoms with Gasteiger partial charge in [0.05, 0.1) is 11.9 Å². The summed E-state index contributed by atoms with van der Waals surface area (Å²) in [6, 6.07) is 10.8.